The Morgan fingerprint density at radius 2 is 2.35 bits per heavy atom. The summed E-state index contributed by atoms with van der Waals surface area (Å²) in [4.78, 5) is 21.9. The van der Waals surface area contributed by atoms with Gasteiger partial charge in [0.15, 0.2) is 0 Å². The number of carboxylic acid groups (broad SMARTS) is 1. The summed E-state index contributed by atoms with van der Waals surface area (Å²) < 4.78 is 6.22. The van der Waals surface area contributed by atoms with Crippen LogP contribution in [0.4, 0.5) is 0 Å². The number of nitrogens with zero attached hydrogens (tertiary/aromatic N) is 2. The van der Waals surface area contributed by atoms with Crippen LogP contribution in [0.5, 0.6) is 0 Å². The number of ether oxygens (including phenoxy) is 1. The average Bonchev–Trinajstić information content (AvgIpc) is 2.75. The molecule has 94 valence electrons. The van der Waals surface area contributed by atoms with Crippen LogP contribution in [-0.4, -0.2) is 47.0 Å². The lowest BCUT2D eigenvalue weighted by Crippen LogP contribution is -2.27. The number of aromatic nitrogens is 2. The second kappa shape index (κ2) is 6.64. The van der Waals surface area contributed by atoms with Crippen LogP contribution in [0.25, 0.3) is 0 Å². The molecule has 7 nitrogen and oxygen atoms in total. The molecule has 1 aromatic heterocycles. The van der Waals surface area contributed by atoms with Gasteiger partial charge in [-0.05, 0) is 6.07 Å². The van der Waals surface area contributed by atoms with Crippen LogP contribution in [-0.2, 0) is 16.1 Å². The van der Waals surface area contributed by atoms with Crippen molar-refractivity contribution in [2.24, 2.45) is 0 Å². The first-order valence-electron chi connectivity index (χ1n) is 5.16. The number of carbonyl (C=O) groups is 2. The zero-order chi connectivity index (χ0) is 12.7. The smallest absolute Gasteiger partial charge is 0.305 e. The molecule has 0 spiro atoms. The maximum absolute atomic E-state index is 11.5. The normalized spacial score (nSPS) is 10.2. The van der Waals surface area contributed by atoms with Crippen molar-refractivity contribution in [2.45, 2.75) is 13.0 Å². The van der Waals surface area contributed by atoms with Gasteiger partial charge >= 0.3 is 5.97 Å². The highest BCUT2D eigenvalue weighted by Crippen LogP contribution is 1.97. The van der Waals surface area contributed by atoms with Crippen molar-refractivity contribution in [3.05, 3.63) is 18.0 Å². The Labute approximate surface area is 98.4 Å². The van der Waals surface area contributed by atoms with Crippen molar-refractivity contribution in [3.63, 3.8) is 0 Å². The van der Waals surface area contributed by atoms with E-state index in [1.807, 2.05) is 0 Å². The molecule has 2 N–H and O–H groups in total. The lowest BCUT2D eigenvalue weighted by Gasteiger charge is -2.01. The van der Waals surface area contributed by atoms with Gasteiger partial charge in [-0.1, -0.05) is 0 Å². The fraction of sp³-hybridized carbons (Fsp3) is 0.500. The molecular formula is C10H15N3O4. The summed E-state index contributed by atoms with van der Waals surface area (Å²) in [6.45, 7) is 1.10. The maximum atomic E-state index is 11.5. The molecule has 17 heavy (non-hydrogen) atoms. The Hall–Kier alpha value is -1.89. The minimum Gasteiger partial charge on any atom is -0.481 e. The topological polar surface area (TPSA) is 93.5 Å². The Kier molecular flexibility index (Phi) is 5.15. The molecule has 0 fully saturated rings. The fourth-order valence-electron chi connectivity index (χ4n) is 1.17. The molecule has 1 heterocycles. The van der Waals surface area contributed by atoms with E-state index in [2.05, 4.69) is 10.4 Å². The second-order valence-corrected chi connectivity index (χ2v) is 3.36. The van der Waals surface area contributed by atoms with Gasteiger partial charge in [-0.3, -0.25) is 14.3 Å². The zero-order valence-corrected chi connectivity index (χ0v) is 9.55. The molecule has 1 rings (SSSR count). The van der Waals surface area contributed by atoms with Gasteiger partial charge in [0, 0.05) is 19.9 Å². The van der Waals surface area contributed by atoms with Gasteiger partial charge in [0.2, 0.25) is 0 Å². The van der Waals surface area contributed by atoms with Crippen LogP contribution in [0, 0.1) is 0 Å². The number of hydrogen-bond acceptors (Lipinski definition) is 4. The quantitative estimate of drug-likeness (QED) is 0.641. The standard InChI is InChI=1S/C10H15N3O4/c1-17-7-4-11-10(16)8-2-5-13(12-8)6-3-9(14)15/h2,5H,3-4,6-7H2,1H3,(H,11,16)(H,14,15). The molecular weight excluding hydrogens is 226 g/mol. The van der Waals surface area contributed by atoms with E-state index in [0.717, 1.165) is 0 Å². The minimum atomic E-state index is -0.897. The number of carbonyl (C=O) groups excluding carboxylic acids is 1. The molecule has 0 aromatic carbocycles. The lowest BCUT2D eigenvalue weighted by molar-refractivity contribution is -0.137. The number of carboxylic acids is 1. The molecule has 0 aliphatic carbocycles. The second-order valence-electron chi connectivity index (χ2n) is 3.36. The monoisotopic (exact) mass is 241 g/mol. The van der Waals surface area contributed by atoms with E-state index in [1.165, 1.54) is 4.68 Å². The first kappa shape index (κ1) is 13.2. The van der Waals surface area contributed by atoms with Crippen molar-refractivity contribution in [3.8, 4) is 0 Å². The third kappa shape index (κ3) is 4.64. The molecule has 0 unspecified atom stereocenters. The van der Waals surface area contributed by atoms with E-state index in [9.17, 15) is 9.59 Å². The highest BCUT2D eigenvalue weighted by atomic mass is 16.5. The van der Waals surface area contributed by atoms with Crippen LogP contribution in [0.1, 0.15) is 16.9 Å². The molecule has 1 aromatic rings. The maximum Gasteiger partial charge on any atom is 0.305 e. The van der Waals surface area contributed by atoms with E-state index in [0.29, 0.717) is 13.2 Å². The van der Waals surface area contributed by atoms with E-state index in [1.54, 1.807) is 19.4 Å². The Morgan fingerprint density at radius 1 is 1.59 bits per heavy atom. The van der Waals surface area contributed by atoms with Crippen LogP contribution in [0.3, 0.4) is 0 Å². The molecule has 0 bridgehead atoms. The van der Waals surface area contributed by atoms with Gasteiger partial charge in [-0.15, -0.1) is 0 Å². The van der Waals surface area contributed by atoms with Crippen molar-refractivity contribution < 1.29 is 19.4 Å². The number of aliphatic carboxylic acids is 1. The third-order valence-electron chi connectivity index (χ3n) is 2.02. The van der Waals surface area contributed by atoms with Gasteiger partial charge < -0.3 is 15.2 Å². The van der Waals surface area contributed by atoms with Crippen molar-refractivity contribution in [1.29, 1.82) is 0 Å². The largest absolute Gasteiger partial charge is 0.481 e. The molecule has 0 saturated heterocycles. The lowest BCUT2D eigenvalue weighted by atomic mass is 10.4. The number of hydrogen-bond donors (Lipinski definition) is 2. The predicted molar refractivity (Wildman–Crippen MR) is 58.7 cm³/mol. The van der Waals surface area contributed by atoms with E-state index >= 15 is 0 Å². The van der Waals surface area contributed by atoms with Gasteiger partial charge in [0.1, 0.15) is 5.69 Å². The van der Waals surface area contributed by atoms with Crippen LogP contribution >= 0.6 is 0 Å². The number of aryl methyl sites for hydroxylation is 1. The van der Waals surface area contributed by atoms with Crippen molar-refractivity contribution in [1.82, 2.24) is 15.1 Å². The summed E-state index contributed by atoms with van der Waals surface area (Å²) in [5.74, 6) is -1.19. The van der Waals surface area contributed by atoms with E-state index in [-0.39, 0.29) is 24.6 Å². The molecule has 1 amide bonds. The molecule has 0 radical (unpaired) electrons. The summed E-state index contributed by atoms with van der Waals surface area (Å²) in [7, 11) is 1.55. The highest BCUT2D eigenvalue weighted by Gasteiger charge is 2.09. The molecule has 0 aliphatic heterocycles. The van der Waals surface area contributed by atoms with E-state index < -0.39 is 5.97 Å². The Bertz CT molecular complexity index is 389. The summed E-state index contributed by atoms with van der Waals surface area (Å²) in [6.07, 6.45) is 1.56. The van der Waals surface area contributed by atoms with Crippen molar-refractivity contribution >= 4 is 11.9 Å². The fourth-order valence-corrected chi connectivity index (χ4v) is 1.17. The van der Waals surface area contributed by atoms with Gasteiger partial charge in [0.25, 0.3) is 5.91 Å². The third-order valence-corrected chi connectivity index (χ3v) is 2.02. The number of methoxy groups -OCH3 is 1. The predicted octanol–water partition coefficient (Wildman–Crippen LogP) is -0.266. The highest BCUT2D eigenvalue weighted by molar-refractivity contribution is 5.92. The molecule has 0 saturated carbocycles. The average molecular weight is 241 g/mol. The zero-order valence-electron chi connectivity index (χ0n) is 9.55. The summed E-state index contributed by atoms with van der Waals surface area (Å²) >= 11 is 0. The number of rotatable bonds is 7. The van der Waals surface area contributed by atoms with Gasteiger partial charge in [-0.25, -0.2) is 0 Å². The first-order valence-corrected chi connectivity index (χ1v) is 5.16. The van der Waals surface area contributed by atoms with Crippen LogP contribution in [0.2, 0.25) is 0 Å². The van der Waals surface area contributed by atoms with Crippen LogP contribution in [0.15, 0.2) is 12.3 Å². The summed E-state index contributed by atoms with van der Waals surface area (Å²) in [5.41, 5.74) is 0.270. The SMILES string of the molecule is COCCNC(=O)c1ccn(CCC(=O)O)n1. The first-order chi connectivity index (χ1) is 8.13. The Balaban J connectivity index is 2.43. The van der Waals surface area contributed by atoms with E-state index in [4.69, 9.17) is 9.84 Å². The Morgan fingerprint density at radius 3 is 3.00 bits per heavy atom. The molecule has 0 aliphatic rings. The molecule has 7 heteroatoms. The van der Waals surface area contributed by atoms with Gasteiger partial charge in [-0.2, -0.15) is 5.10 Å². The van der Waals surface area contributed by atoms with Crippen molar-refractivity contribution in [2.75, 3.05) is 20.3 Å². The number of amides is 1. The molecule has 0 atom stereocenters. The minimum absolute atomic E-state index is 0.0214. The summed E-state index contributed by atoms with van der Waals surface area (Å²) in [6, 6.07) is 1.55. The van der Waals surface area contributed by atoms with Crippen LogP contribution < -0.4 is 5.32 Å². The summed E-state index contributed by atoms with van der Waals surface area (Å²) in [5, 5.41) is 15.1. The van der Waals surface area contributed by atoms with Gasteiger partial charge in [0.05, 0.1) is 19.6 Å². The number of nitrogens with one attached hydrogen (secondary N) is 1.